The van der Waals surface area contributed by atoms with Gasteiger partial charge in [-0.05, 0) is 12.0 Å². The largest absolute Gasteiger partial charge is 0.360 e. The van der Waals surface area contributed by atoms with Crippen LogP contribution in [0.2, 0.25) is 0 Å². The van der Waals surface area contributed by atoms with Gasteiger partial charge in [0.25, 0.3) is 0 Å². The molecular weight excluding hydrogens is 138 g/mol. The monoisotopic (exact) mass is 147 g/mol. The fourth-order valence-electron chi connectivity index (χ4n) is 1.10. The molecule has 0 spiro atoms. The molecule has 0 saturated heterocycles. The molecule has 2 rings (SSSR count). The number of allylic oxidation sites excluding steroid dienone is 1. The van der Waals surface area contributed by atoms with Crippen LogP contribution in [0.5, 0.6) is 0 Å². The minimum atomic E-state index is 1.11. The summed E-state index contributed by atoms with van der Waals surface area (Å²) in [5.41, 5.74) is 2.24. The van der Waals surface area contributed by atoms with E-state index in [0.29, 0.717) is 0 Å². The van der Waals surface area contributed by atoms with Gasteiger partial charge in [-0.15, -0.1) is 0 Å². The molecule has 1 aliphatic rings. The Kier molecular flexibility index (Phi) is 1.36. The van der Waals surface area contributed by atoms with Crippen molar-refractivity contribution < 1.29 is 0 Å². The number of aryl methyl sites for hydroxylation is 1. The first-order chi connectivity index (χ1) is 5.38. The van der Waals surface area contributed by atoms with E-state index in [-0.39, 0.29) is 0 Å². The first-order valence-electron chi connectivity index (χ1n) is 3.52. The van der Waals surface area contributed by atoms with Crippen molar-refractivity contribution in [3.63, 3.8) is 0 Å². The summed E-state index contributed by atoms with van der Waals surface area (Å²) in [5.74, 6) is 0. The Morgan fingerprint density at radius 1 is 1.55 bits per heavy atom. The molecule has 1 aromatic heterocycles. The van der Waals surface area contributed by atoms with E-state index in [2.05, 4.69) is 10.1 Å². The summed E-state index contributed by atoms with van der Waals surface area (Å²) in [7, 11) is 0. The Balaban J connectivity index is 2.36. The lowest BCUT2D eigenvalue weighted by Crippen LogP contribution is -2.05. The molecular formula is C8H9N3+. The number of hydrogen-bond acceptors (Lipinski definition) is 2. The van der Waals surface area contributed by atoms with Crippen LogP contribution in [0.15, 0.2) is 29.6 Å². The molecule has 1 aromatic rings. The third kappa shape index (κ3) is 0.991. The molecule has 2 heterocycles. The number of aromatic amines is 1. The van der Waals surface area contributed by atoms with Gasteiger partial charge < -0.3 is 4.98 Å². The highest BCUT2D eigenvalue weighted by molar-refractivity contribution is 5.74. The van der Waals surface area contributed by atoms with Crippen molar-refractivity contribution >= 4 is 11.9 Å². The molecule has 3 nitrogen and oxygen atoms in total. The Bertz CT molecular complexity index is 297. The maximum Gasteiger partial charge on any atom is 0.238 e. The molecule has 55 valence electrons. The zero-order chi connectivity index (χ0) is 7.68. The summed E-state index contributed by atoms with van der Waals surface area (Å²) in [6.45, 7) is 2.02. The van der Waals surface area contributed by atoms with Crippen LogP contribution in [0.25, 0.3) is 0 Å². The molecule has 3 heteroatoms. The van der Waals surface area contributed by atoms with E-state index >= 15 is 0 Å². The van der Waals surface area contributed by atoms with E-state index in [0.717, 1.165) is 11.4 Å². The normalized spacial score (nSPS) is 16.5. The van der Waals surface area contributed by atoms with Crippen LogP contribution in [0, 0.1) is 6.92 Å². The average molecular weight is 147 g/mol. The van der Waals surface area contributed by atoms with E-state index in [9.17, 15) is 0 Å². The van der Waals surface area contributed by atoms with Gasteiger partial charge >= 0.3 is 0 Å². The molecule has 0 aliphatic carbocycles. The molecule has 0 aromatic carbocycles. The van der Waals surface area contributed by atoms with Crippen molar-refractivity contribution in [1.29, 1.82) is 0 Å². The van der Waals surface area contributed by atoms with E-state index < -0.39 is 0 Å². The Labute approximate surface area is 65.0 Å². The van der Waals surface area contributed by atoms with Crippen LogP contribution < -0.4 is 5.01 Å². The molecule has 1 radical (unpaired) electrons. The molecule has 0 atom stereocenters. The molecule has 0 saturated carbocycles. The topological polar surface area (TPSA) is 34.0 Å². The second-order valence-corrected chi connectivity index (χ2v) is 2.44. The van der Waals surface area contributed by atoms with Crippen LogP contribution in [0.3, 0.4) is 0 Å². The zero-order valence-electron chi connectivity index (χ0n) is 6.28. The van der Waals surface area contributed by atoms with E-state index in [1.807, 2.05) is 36.5 Å². The Morgan fingerprint density at radius 3 is 3.00 bits per heavy atom. The lowest BCUT2D eigenvalue weighted by molar-refractivity contribution is 0.749. The number of aromatic nitrogens is 1. The number of hydrazone groups is 1. The second-order valence-electron chi connectivity index (χ2n) is 2.44. The Morgan fingerprint density at radius 2 is 2.45 bits per heavy atom. The van der Waals surface area contributed by atoms with Gasteiger partial charge in [0.1, 0.15) is 0 Å². The first kappa shape index (κ1) is 6.37. The third-order valence-corrected chi connectivity index (χ3v) is 1.68. The predicted octanol–water partition coefficient (Wildman–Crippen LogP) is 1.61. The highest BCUT2D eigenvalue weighted by atomic mass is 15.5. The van der Waals surface area contributed by atoms with Crippen molar-refractivity contribution in [1.82, 2.24) is 9.99 Å². The van der Waals surface area contributed by atoms with Gasteiger partial charge in [-0.25, -0.2) is 0 Å². The summed E-state index contributed by atoms with van der Waals surface area (Å²) < 4.78 is 0. The van der Waals surface area contributed by atoms with Gasteiger partial charge in [0.05, 0.1) is 11.9 Å². The van der Waals surface area contributed by atoms with Crippen molar-refractivity contribution in [3.05, 3.63) is 30.2 Å². The van der Waals surface area contributed by atoms with Crippen molar-refractivity contribution in [2.45, 2.75) is 6.92 Å². The third-order valence-electron chi connectivity index (χ3n) is 1.68. The SMILES string of the molecule is Cc1[nH]ccc1[N+]1C=CC=N1. The highest BCUT2D eigenvalue weighted by Crippen LogP contribution is 2.19. The number of H-pyrrole nitrogens is 1. The van der Waals surface area contributed by atoms with Crippen LogP contribution in [-0.4, -0.2) is 11.2 Å². The van der Waals surface area contributed by atoms with Crippen LogP contribution >= 0.6 is 0 Å². The quantitative estimate of drug-likeness (QED) is 0.585. The molecule has 0 fully saturated rings. The zero-order valence-corrected chi connectivity index (χ0v) is 6.28. The van der Waals surface area contributed by atoms with E-state index in [1.165, 1.54) is 0 Å². The molecule has 0 amide bonds. The van der Waals surface area contributed by atoms with Gasteiger partial charge in [-0.3, -0.25) is 0 Å². The summed E-state index contributed by atoms with van der Waals surface area (Å²) >= 11 is 0. The predicted molar refractivity (Wildman–Crippen MR) is 45.0 cm³/mol. The smallest absolute Gasteiger partial charge is 0.238 e. The molecule has 1 N–H and O–H groups in total. The van der Waals surface area contributed by atoms with Crippen LogP contribution in [0.1, 0.15) is 5.69 Å². The summed E-state index contributed by atoms with van der Waals surface area (Å²) in [6.07, 6.45) is 7.52. The summed E-state index contributed by atoms with van der Waals surface area (Å²) in [6, 6.07) is 2.00. The minimum absolute atomic E-state index is 1.11. The van der Waals surface area contributed by atoms with Gasteiger partial charge in [0.2, 0.25) is 5.69 Å². The summed E-state index contributed by atoms with van der Waals surface area (Å²) in [4.78, 5) is 3.10. The fourth-order valence-corrected chi connectivity index (χ4v) is 1.10. The van der Waals surface area contributed by atoms with Gasteiger partial charge in [0.15, 0.2) is 6.20 Å². The maximum atomic E-state index is 4.12. The molecule has 11 heavy (non-hydrogen) atoms. The minimum Gasteiger partial charge on any atom is -0.360 e. The van der Waals surface area contributed by atoms with Gasteiger partial charge in [-0.2, -0.15) is 0 Å². The molecule has 1 aliphatic heterocycles. The standard InChI is InChI=1S/C8H9N3/c1-7-8(3-5-9-7)11-6-2-4-10-11/h2-6,9H,1H3/q+1. The maximum absolute atomic E-state index is 4.12. The number of hydrogen-bond donors (Lipinski definition) is 1. The number of rotatable bonds is 1. The van der Waals surface area contributed by atoms with Crippen LogP contribution in [0.4, 0.5) is 5.69 Å². The lowest BCUT2D eigenvalue weighted by Gasteiger charge is -1.91. The first-order valence-corrected chi connectivity index (χ1v) is 3.52. The van der Waals surface area contributed by atoms with Crippen LogP contribution in [-0.2, 0) is 0 Å². The van der Waals surface area contributed by atoms with Crippen molar-refractivity contribution in [3.8, 4) is 0 Å². The Hall–Kier alpha value is -1.35. The number of nitrogens with one attached hydrogen (secondary N) is 1. The van der Waals surface area contributed by atoms with E-state index in [1.54, 1.807) is 6.21 Å². The highest BCUT2D eigenvalue weighted by Gasteiger charge is 2.20. The van der Waals surface area contributed by atoms with Gasteiger partial charge in [0, 0.05) is 23.3 Å². The average Bonchev–Trinajstić information content (AvgIpc) is 2.55. The number of nitrogens with zero attached hydrogens (tertiary/aromatic N) is 2. The second kappa shape index (κ2) is 2.36. The lowest BCUT2D eigenvalue weighted by atomic mass is 10.4. The van der Waals surface area contributed by atoms with E-state index in [4.69, 9.17) is 0 Å². The molecule has 0 unspecified atom stereocenters. The number of anilines is 1. The van der Waals surface area contributed by atoms with Crippen molar-refractivity contribution in [2.24, 2.45) is 5.10 Å². The summed E-state index contributed by atoms with van der Waals surface area (Å²) in [5, 5.41) is 5.96. The van der Waals surface area contributed by atoms with Crippen molar-refractivity contribution in [2.75, 3.05) is 0 Å². The fraction of sp³-hybridized carbons (Fsp3) is 0.125. The van der Waals surface area contributed by atoms with Gasteiger partial charge in [-0.1, -0.05) is 0 Å². The molecule has 0 bridgehead atoms.